The zero-order chi connectivity index (χ0) is 25.2. The van der Waals surface area contributed by atoms with E-state index in [0.29, 0.717) is 0 Å². The van der Waals surface area contributed by atoms with E-state index in [1.807, 2.05) is 0 Å². The molecule has 0 fully saturated rings. The molecule has 9 heteroatoms. The number of carboxylic acid groups (broad SMARTS) is 4. The fourth-order valence-electron chi connectivity index (χ4n) is 2.41. The topological polar surface area (TPSA) is 161 Å². The molecule has 6 radical (unpaired) electrons. The number of carbonyl (C=O) groups excluding carboxylic acids is 4. The SMILES string of the molecule is CCC[CH2][Sn+4][CH2]CCC.O=C([O-])c1ccccc1C(=O)[O-].O=C([O-])c1ccccc1C(=O)[O-]. The third kappa shape index (κ3) is 12.7. The Kier molecular flexibility index (Phi) is 16.1. The summed E-state index contributed by atoms with van der Waals surface area (Å²) in [7, 11) is 0. The largest absolute Gasteiger partial charge is 0.545 e. The maximum Gasteiger partial charge on any atom is 0.0721 e. The van der Waals surface area contributed by atoms with Gasteiger partial charge in [-0.05, 0) is 0 Å². The molecule has 8 nitrogen and oxygen atoms in total. The van der Waals surface area contributed by atoms with E-state index in [2.05, 4.69) is 13.8 Å². The van der Waals surface area contributed by atoms with Gasteiger partial charge in [-0.25, -0.2) is 0 Å². The number of carbonyl (C=O) groups is 4. The van der Waals surface area contributed by atoms with Gasteiger partial charge in [-0.3, -0.25) is 0 Å². The summed E-state index contributed by atoms with van der Waals surface area (Å²) in [5.74, 6) is -6.07. The Morgan fingerprint density at radius 1 is 0.576 bits per heavy atom. The van der Waals surface area contributed by atoms with Crippen molar-refractivity contribution >= 4 is 45.0 Å². The van der Waals surface area contributed by atoms with Crippen LogP contribution in [-0.2, 0) is 0 Å². The number of aromatic carboxylic acids is 4. The molecule has 0 N–H and O–H groups in total. The molecule has 0 aliphatic rings. The van der Waals surface area contributed by atoms with E-state index in [0.717, 1.165) is 24.3 Å². The van der Waals surface area contributed by atoms with Gasteiger partial charge in [0.2, 0.25) is 0 Å². The van der Waals surface area contributed by atoms with E-state index in [-0.39, 0.29) is 43.4 Å². The summed E-state index contributed by atoms with van der Waals surface area (Å²) >= 11 is 0.149. The maximum absolute atomic E-state index is 10.3. The summed E-state index contributed by atoms with van der Waals surface area (Å²) in [5, 5.41) is 41.3. The number of carboxylic acids is 4. The second kappa shape index (κ2) is 17.6. The minimum absolute atomic E-state index is 0.149. The normalized spacial score (nSPS) is 9.52. The van der Waals surface area contributed by atoms with Crippen molar-refractivity contribution in [1.29, 1.82) is 0 Å². The summed E-state index contributed by atoms with van der Waals surface area (Å²) < 4.78 is 3.25. The minimum Gasteiger partial charge on any atom is -0.545 e. The minimum atomic E-state index is -1.52. The van der Waals surface area contributed by atoms with Crippen LogP contribution in [-0.4, -0.2) is 45.0 Å². The summed E-state index contributed by atoms with van der Waals surface area (Å²) in [6, 6.07) is 10.3. The van der Waals surface area contributed by atoms with Gasteiger partial charge in [-0.1, -0.05) is 48.5 Å². The van der Waals surface area contributed by atoms with Crippen molar-refractivity contribution in [2.24, 2.45) is 0 Å². The average molecular weight is 561 g/mol. The molecule has 33 heavy (non-hydrogen) atoms. The van der Waals surface area contributed by atoms with Crippen LogP contribution in [0.25, 0.3) is 0 Å². The molecule has 0 atom stereocenters. The Balaban J connectivity index is 0.000000472. The molecule has 0 saturated heterocycles. The molecular formula is C24H26O8Sn. The first-order valence-corrected chi connectivity index (χ1v) is 14.4. The number of benzene rings is 2. The number of hydrogen-bond donors (Lipinski definition) is 0. The van der Waals surface area contributed by atoms with Gasteiger partial charge in [0.1, 0.15) is 0 Å². The van der Waals surface area contributed by atoms with Crippen molar-refractivity contribution in [2.75, 3.05) is 0 Å². The zero-order valence-corrected chi connectivity index (χ0v) is 21.5. The maximum atomic E-state index is 10.3. The third-order valence-corrected chi connectivity index (χ3v) is 8.18. The summed E-state index contributed by atoms with van der Waals surface area (Å²) in [6.07, 6.45) is 5.84. The second-order valence-electron chi connectivity index (χ2n) is 6.70. The molecule has 0 bridgehead atoms. The predicted octanol–water partition coefficient (Wildman–Crippen LogP) is -0.0454. The Morgan fingerprint density at radius 2 is 0.818 bits per heavy atom. The molecule has 174 valence electrons. The molecule has 0 aromatic heterocycles. The van der Waals surface area contributed by atoms with E-state index in [9.17, 15) is 39.6 Å². The van der Waals surface area contributed by atoms with Crippen LogP contribution >= 0.6 is 0 Å². The van der Waals surface area contributed by atoms with Crippen LogP contribution in [0.4, 0.5) is 0 Å². The molecule has 2 rings (SSSR count). The van der Waals surface area contributed by atoms with Gasteiger partial charge in [0, 0.05) is 22.3 Å². The summed E-state index contributed by atoms with van der Waals surface area (Å²) in [4.78, 5) is 41.3. The number of unbranched alkanes of at least 4 members (excludes halogenated alkanes) is 2. The molecule has 0 aliphatic carbocycles. The quantitative estimate of drug-likeness (QED) is 0.289. The fourth-order valence-corrected chi connectivity index (χ4v) is 6.57. The molecule has 0 unspecified atom stereocenters. The van der Waals surface area contributed by atoms with Gasteiger partial charge < -0.3 is 39.6 Å². The van der Waals surface area contributed by atoms with Crippen molar-refractivity contribution in [1.82, 2.24) is 0 Å². The zero-order valence-electron chi connectivity index (χ0n) is 18.6. The molecule has 0 spiro atoms. The second-order valence-corrected chi connectivity index (χ2v) is 11.0. The van der Waals surface area contributed by atoms with Gasteiger partial charge in [-0.2, -0.15) is 0 Å². The van der Waals surface area contributed by atoms with Gasteiger partial charge >= 0.3 is 69.5 Å². The van der Waals surface area contributed by atoms with E-state index >= 15 is 0 Å². The first-order valence-electron chi connectivity index (χ1n) is 10.4. The number of hydrogen-bond acceptors (Lipinski definition) is 8. The summed E-state index contributed by atoms with van der Waals surface area (Å²) in [5.41, 5.74) is -1.45. The third-order valence-electron chi connectivity index (χ3n) is 4.15. The van der Waals surface area contributed by atoms with Crippen molar-refractivity contribution in [3.8, 4) is 0 Å². The van der Waals surface area contributed by atoms with E-state index in [4.69, 9.17) is 0 Å². The molecule has 0 amide bonds. The molecule has 2 aromatic carbocycles. The van der Waals surface area contributed by atoms with Crippen LogP contribution in [0.1, 0.15) is 81.0 Å². The average Bonchev–Trinajstić information content (AvgIpc) is 2.79. The van der Waals surface area contributed by atoms with Crippen LogP contribution in [0, 0.1) is 0 Å². The van der Waals surface area contributed by atoms with Crippen LogP contribution in [0.2, 0.25) is 8.87 Å². The molecular weight excluding hydrogens is 535 g/mol. The Hall–Kier alpha value is -2.88. The van der Waals surface area contributed by atoms with Crippen molar-refractivity contribution < 1.29 is 39.6 Å². The van der Waals surface area contributed by atoms with Crippen LogP contribution in [0.3, 0.4) is 0 Å². The first-order chi connectivity index (χ1) is 15.7. The Labute approximate surface area is 203 Å². The Morgan fingerprint density at radius 3 is 1.00 bits per heavy atom. The van der Waals surface area contributed by atoms with E-state index in [1.165, 1.54) is 49.9 Å². The van der Waals surface area contributed by atoms with Crippen molar-refractivity contribution in [3.63, 3.8) is 0 Å². The van der Waals surface area contributed by atoms with E-state index in [1.54, 1.807) is 8.87 Å². The van der Waals surface area contributed by atoms with Crippen LogP contribution < -0.4 is 20.4 Å². The Bertz CT molecular complexity index is 771. The van der Waals surface area contributed by atoms with Gasteiger partial charge in [-0.15, -0.1) is 0 Å². The van der Waals surface area contributed by atoms with Crippen molar-refractivity contribution in [3.05, 3.63) is 70.8 Å². The first kappa shape index (κ1) is 30.1. The molecule has 2 aromatic rings. The van der Waals surface area contributed by atoms with Crippen LogP contribution in [0.15, 0.2) is 48.5 Å². The monoisotopic (exact) mass is 562 g/mol. The van der Waals surface area contributed by atoms with Gasteiger partial charge in [0.25, 0.3) is 0 Å². The smallest absolute Gasteiger partial charge is 0.0721 e. The standard InChI is InChI=1S/2C8H6O4.2C4H9.Sn/c2*9-7(10)5-3-1-2-4-6(5)8(11)12;2*1-3-4-2;/h2*1-4H,(H,9,10)(H,11,12);2*1,3-4H2,2H3;/q;;;;+4/p-4. The summed E-state index contributed by atoms with van der Waals surface area (Å²) in [6.45, 7) is 4.58. The fraction of sp³-hybridized carbons (Fsp3) is 0.333. The predicted molar refractivity (Wildman–Crippen MR) is 115 cm³/mol. The van der Waals surface area contributed by atoms with E-state index < -0.39 is 23.9 Å². The molecule has 0 aliphatic heterocycles. The van der Waals surface area contributed by atoms with Crippen LogP contribution in [0.5, 0.6) is 0 Å². The molecule has 0 heterocycles. The van der Waals surface area contributed by atoms with Gasteiger partial charge in [0.15, 0.2) is 0 Å². The van der Waals surface area contributed by atoms with Gasteiger partial charge in [0.05, 0.1) is 23.9 Å². The number of rotatable bonds is 10. The van der Waals surface area contributed by atoms with Crippen molar-refractivity contribution in [2.45, 2.75) is 48.4 Å². The molecule has 0 saturated carbocycles.